The van der Waals surface area contributed by atoms with Gasteiger partial charge in [0.25, 0.3) is 0 Å². The Hall–Kier alpha value is -2.69. The molecular weight excluding hydrogens is 328 g/mol. The average molecular weight is 354 g/mol. The van der Waals surface area contributed by atoms with Crippen LogP contribution in [0.5, 0.6) is 11.5 Å². The van der Waals surface area contributed by atoms with Crippen LogP contribution in [0.25, 0.3) is 0 Å². The fraction of sp³-hybridized carbons (Fsp3) is 0.381. The molecule has 1 aliphatic rings. The van der Waals surface area contributed by atoms with Crippen LogP contribution in [0.4, 0.5) is 4.79 Å². The van der Waals surface area contributed by atoms with E-state index in [1.165, 1.54) is 24.0 Å². The van der Waals surface area contributed by atoms with Gasteiger partial charge in [-0.25, -0.2) is 4.79 Å². The summed E-state index contributed by atoms with van der Waals surface area (Å²) in [4.78, 5) is 11.8. The second-order valence-electron chi connectivity index (χ2n) is 6.41. The Morgan fingerprint density at radius 2 is 1.69 bits per heavy atom. The maximum atomic E-state index is 11.8. The van der Waals surface area contributed by atoms with Gasteiger partial charge in [0.2, 0.25) is 0 Å². The number of aryl methyl sites for hydroxylation is 2. The van der Waals surface area contributed by atoms with Gasteiger partial charge in [-0.3, -0.25) is 0 Å². The van der Waals surface area contributed by atoms with E-state index in [0.717, 1.165) is 29.9 Å². The largest absolute Gasteiger partial charge is 0.497 e. The van der Waals surface area contributed by atoms with E-state index in [1.807, 2.05) is 30.3 Å². The first kappa shape index (κ1) is 18.1. The molecule has 0 bridgehead atoms. The van der Waals surface area contributed by atoms with Gasteiger partial charge in [0.1, 0.15) is 18.1 Å². The highest BCUT2D eigenvalue weighted by molar-refractivity contribution is 5.73. The molecule has 0 aromatic heterocycles. The molecule has 5 heteroatoms. The van der Waals surface area contributed by atoms with Gasteiger partial charge in [0.15, 0.2) is 0 Å². The van der Waals surface area contributed by atoms with Crippen molar-refractivity contribution in [1.29, 1.82) is 0 Å². The minimum absolute atomic E-state index is 0.170. The molecule has 2 aromatic rings. The van der Waals surface area contributed by atoms with Gasteiger partial charge in [-0.2, -0.15) is 0 Å². The third kappa shape index (κ3) is 5.15. The van der Waals surface area contributed by atoms with Crippen molar-refractivity contribution in [3.05, 3.63) is 59.2 Å². The lowest BCUT2D eigenvalue weighted by Crippen LogP contribution is -2.38. The topological polar surface area (TPSA) is 59.6 Å². The van der Waals surface area contributed by atoms with Crippen molar-refractivity contribution < 1.29 is 14.3 Å². The molecule has 2 N–H and O–H groups in total. The summed E-state index contributed by atoms with van der Waals surface area (Å²) in [6.07, 6.45) is 4.33. The molecule has 0 saturated carbocycles. The normalized spacial score (nSPS) is 12.3. The van der Waals surface area contributed by atoms with Crippen molar-refractivity contribution in [3.8, 4) is 11.5 Å². The summed E-state index contributed by atoms with van der Waals surface area (Å²) in [5.41, 5.74) is 3.99. The number of carbonyl (C=O) groups excluding carboxylic acids is 1. The van der Waals surface area contributed by atoms with E-state index in [9.17, 15) is 4.79 Å². The van der Waals surface area contributed by atoms with Crippen LogP contribution in [0.3, 0.4) is 0 Å². The maximum Gasteiger partial charge on any atom is 0.314 e. The summed E-state index contributed by atoms with van der Waals surface area (Å²) < 4.78 is 10.9. The van der Waals surface area contributed by atoms with Crippen molar-refractivity contribution in [2.24, 2.45) is 0 Å². The Bertz CT molecular complexity index is 729. The Morgan fingerprint density at radius 1 is 0.962 bits per heavy atom. The molecule has 2 aromatic carbocycles. The number of amides is 2. The zero-order valence-electron chi connectivity index (χ0n) is 15.2. The Morgan fingerprint density at radius 3 is 2.50 bits per heavy atom. The van der Waals surface area contributed by atoms with E-state index in [2.05, 4.69) is 22.8 Å². The number of nitrogens with one attached hydrogen (secondary N) is 2. The minimum Gasteiger partial charge on any atom is -0.497 e. The van der Waals surface area contributed by atoms with Gasteiger partial charge < -0.3 is 20.1 Å². The highest BCUT2D eigenvalue weighted by Gasteiger charge is 2.11. The van der Waals surface area contributed by atoms with Gasteiger partial charge in [-0.1, -0.05) is 18.2 Å². The molecule has 138 valence electrons. The molecule has 0 spiro atoms. The highest BCUT2D eigenvalue weighted by atomic mass is 16.5. The number of benzene rings is 2. The second-order valence-corrected chi connectivity index (χ2v) is 6.41. The number of carbonyl (C=O) groups is 1. The van der Waals surface area contributed by atoms with E-state index in [0.29, 0.717) is 19.7 Å². The molecule has 26 heavy (non-hydrogen) atoms. The van der Waals surface area contributed by atoms with E-state index in [4.69, 9.17) is 9.47 Å². The minimum atomic E-state index is -0.170. The molecular formula is C21H26N2O3. The maximum absolute atomic E-state index is 11.8. The molecule has 0 unspecified atom stereocenters. The monoisotopic (exact) mass is 354 g/mol. The van der Waals surface area contributed by atoms with Gasteiger partial charge in [0.05, 0.1) is 13.7 Å². The number of urea groups is 1. The summed E-state index contributed by atoms with van der Waals surface area (Å²) >= 11 is 0. The number of hydrogen-bond donors (Lipinski definition) is 2. The zero-order valence-corrected chi connectivity index (χ0v) is 15.2. The number of fused-ring (bicyclic) bond motifs is 1. The van der Waals surface area contributed by atoms with E-state index < -0.39 is 0 Å². The van der Waals surface area contributed by atoms with Gasteiger partial charge in [-0.05, 0) is 66.6 Å². The quantitative estimate of drug-likeness (QED) is 0.716. The van der Waals surface area contributed by atoms with Crippen molar-refractivity contribution in [1.82, 2.24) is 10.6 Å². The van der Waals surface area contributed by atoms with E-state index in [1.54, 1.807) is 7.11 Å². The Kier molecular flexibility index (Phi) is 6.36. The third-order valence-corrected chi connectivity index (χ3v) is 4.58. The number of hydrogen-bond acceptors (Lipinski definition) is 3. The second kappa shape index (κ2) is 9.13. The van der Waals surface area contributed by atoms with Gasteiger partial charge >= 0.3 is 6.03 Å². The lowest BCUT2D eigenvalue weighted by atomic mass is 10.1. The molecule has 0 heterocycles. The van der Waals surface area contributed by atoms with E-state index in [-0.39, 0.29) is 6.03 Å². The van der Waals surface area contributed by atoms with Crippen molar-refractivity contribution in [2.75, 3.05) is 26.8 Å². The average Bonchev–Trinajstić information content (AvgIpc) is 3.13. The zero-order chi connectivity index (χ0) is 18.2. The van der Waals surface area contributed by atoms with E-state index >= 15 is 0 Å². The summed E-state index contributed by atoms with van der Waals surface area (Å²) in [6, 6.07) is 14.0. The predicted molar refractivity (Wildman–Crippen MR) is 102 cm³/mol. The fourth-order valence-corrected chi connectivity index (χ4v) is 3.15. The fourth-order valence-electron chi connectivity index (χ4n) is 3.15. The first-order valence-electron chi connectivity index (χ1n) is 9.14. The van der Waals surface area contributed by atoms with Crippen LogP contribution in [-0.2, 0) is 19.3 Å². The smallest absolute Gasteiger partial charge is 0.314 e. The first-order valence-corrected chi connectivity index (χ1v) is 9.14. The molecule has 0 fully saturated rings. The van der Waals surface area contributed by atoms with Gasteiger partial charge in [0, 0.05) is 6.54 Å². The molecule has 3 rings (SSSR count). The SMILES string of the molecule is COc1ccc(CCNC(=O)NCCOc2ccc3c(c2)CCC3)cc1. The Balaban J connectivity index is 1.29. The van der Waals surface area contributed by atoms with Crippen LogP contribution < -0.4 is 20.1 Å². The molecule has 5 nitrogen and oxygen atoms in total. The Labute approximate surface area is 154 Å². The lowest BCUT2D eigenvalue weighted by Gasteiger charge is -2.10. The van der Waals surface area contributed by atoms with Crippen molar-refractivity contribution >= 4 is 6.03 Å². The molecule has 0 aliphatic heterocycles. The molecule has 1 aliphatic carbocycles. The molecule has 0 radical (unpaired) electrons. The summed E-state index contributed by atoms with van der Waals surface area (Å²) in [5.74, 6) is 1.72. The number of ether oxygens (including phenoxy) is 2. The van der Waals surface area contributed by atoms with Crippen LogP contribution >= 0.6 is 0 Å². The first-order chi connectivity index (χ1) is 12.7. The summed E-state index contributed by atoms with van der Waals surface area (Å²) in [5, 5.41) is 5.67. The summed E-state index contributed by atoms with van der Waals surface area (Å²) in [7, 11) is 1.65. The van der Waals surface area contributed by atoms with Crippen molar-refractivity contribution in [2.45, 2.75) is 25.7 Å². The molecule has 2 amide bonds. The van der Waals surface area contributed by atoms with Crippen LogP contribution in [0.2, 0.25) is 0 Å². The van der Waals surface area contributed by atoms with Gasteiger partial charge in [-0.15, -0.1) is 0 Å². The third-order valence-electron chi connectivity index (χ3n) is 4.58. The predicted octanol–water partition coefficient (Wildman–Crippen LogP) is 3.10. The molecule has 0 atom stereocenters. The molecule has 0 saturated heterocycles. The van der Waals surface area contributed by atoms with Crippen LogP contribution in [0, 0.1) is 0 Å². The van der Waals surface area contributed by atoms with Crippen LogP contribution in [0.1, 0.15) is 23.1 Å². The van der Waals surface area contributed by atoms with Crippen LogP contribution in [0.15, 0.2) is 42.5 Å². The number of rotatable bonds is 8. The summed E-state index contributed by atoms with van der Waals surface area (Å²) in [6.45, 7) is 1.53. The number of methoxy groups -OCH3 is 1. The van der Waals surface area contributed by atoms with Crippen LogP contribution in [-0.4, -0.2) is 32.8 Å². The standard InChI is InChI=1S/C21H26N2O3/c1-25-19-8-5-16(6-9-19)11-12-22-21(24)23-13-14-26-20-10-7-17-3-2-4-18(17)15-20/h5-10,15H,2-4,11-14H2,1H3,(H2,22,23,24). The lowest BCUT2D eigenvalue weighted by molar-refractivity contribution is 0.236. The van der Waals surface area contributed by atoms with Crippen molar-refractivity contribution in [3.63, 3.8) is 0 Å². The highest BCUT2D eigenvalue weighted by Crippen LogP contribution is 2.25.